The maximum absolute atomic E-state index is 13.5. The second kappa shape index (κ2) is 10.7. The van der Waals surface area contributed by atoms with Crippen molar-refractivity contribution in [3.05, 3.63) is 99.8 Å². The van der Waals surface area contributed by atoms with Crippen molar-refractivity contribution in [1.29, 1.82) is 0 Å². The van der Waals surface area contributed by atoms with Crippen LogP contribution >= 0.6 is 15.9 Å². The minimum atomic E-state index is -0.304. The van der Waals surface area contributed by atoms with Crippen LogP contribution in [-0.4, -0.2) is 52.8 Å². The Morgan fingerprint density at radius 1 is 0.973 bits per heavy atom. The number of carbonyl (C=O) groups excluding carboxylic acids is 2. The van der Waals surface area contributed by atoms with Crippen LogP contribution in [0.25, 0.3) is 28.2 Å². The minimum absolute atomic E-state index is 0.00629. The Morgan fingerprint density at radius 3 is 2.41 bits per heavy atom. The van der Waals surface area contributed by atoms with Crippen molar-refractivity contribution in [2.75, 3.05) is 26.2 Å². The molecule has 0 radical (unpaired) electrons. The summed E-state index contributed by atoms with van der Waals surface area (Å²) in [5, 5.41) is 0.956. The molecule has 5 rings (SSSR count). The molecule has 7 heteroatoms. The van der Waals surface area contributed by atoms with Crippen LogP contribution in [0.1, 0.15) is 16.7 Å². The normalized spacial score (nSPS) is 14.0. The van der Waals surface area contributed by atoms with E-state index < -0.39 is 0 Å². The molecule has 188 valence electrons. The molecule has 2 heterocycles. The highest BCUT2D eigenvalue weighted by Gasteiger charge is 2.25. The molecule has 1 aliphatic heterocycles. The van der Waals surface area contributed by atoms with Crippen LogP contribution in [0.5, 0.6) is 0 Å². The first-order valence-electron chi connectivity index (χ1n) is 12.3. The second-order valence-electron chi connectivity index (χ2n) is 9.25. The number of hydrogen-bond donors (Lipinski definition) is 1. The smallest absolute Gasteiger partial charge is 0.246 e. The molecule has 1 aliphatic rings. The van der Waals surface area contributed by atoms with Crippen molar-refractivity contribution < 1.29 is 14.0 Å². The van der Waals surface area contributed by atoms with E-state index in [1.54, 1.807) is 23.1 Å². The number of benzene rings is 3. The van der Waals surface area contributed by atoms with E-state index in [2.05, 4.69) is 20.9 Å². The molecular formula is C30H27BrFN3O2. The zero-order valence-corrected chi connectivity index (χ0v) is 22.1. The quantitative estimate of drug-likeness (QED) is 0.306. The minimum Gasteiger partial charge on any atom is -0.354 e. The molecule has 0 bridgehead atoms. The van der Waals surface area contributed by atoms with E-state index in [4.69, 9.17) is 0 Å². The lowest BCUT2D eigenvalue weighted by molar-refractivity contribution is -0.136. The summed E-state index contributed by atoms with van der Waals surface area (Å²) in [6.45, 7) is 3.98. The molecule has 0 unspecified atom stereocenters. The maximum atomic E-state index is 13.5. The molecule has 37 heavy (non-hydrogen) atoms. The van der Waals surface area contributed by atoms with Gasteiger partial charge in [0.2, 0.25) is 11.8 Å². The molecule has 5 nitrogen and oxygen atoms in total. The fourth-order valence-electron chi connectivity index (χ4n) is 4.75. The number of aryl methyl sites for hydroxylation is 1. The van der Waals surface area contributed by atoms with Crippen LogP contribution in [0.4, 0.5) is 4.39 Å². The summed E-state index contributed by atoms with van der Waals surface area (Å²) in [6, 6.07) is 20.1. The van der Waals surface area contributed by atoms with E-state index >= 15 is 0 Å². The van der Waals surface area contributed by atoms with E-state index in [0.29, 0.717) is 26.2 Å². The van der Waals surface area contributed by atoms with Crippen LogP contribution in [0.3, 0.4) is 0 Å². The summed E-state index contributed by atoms with van der Waals surface area (Å²) < 4.78 is 14.5. The van der Waals surface area contributed by atoms with Gasteiger partial charge in [-0.25, -0.2) is 4.39 Å². The predicted molar refractivity (Wildman–Crippen MR) is 148 cm³/mol. The molecule has 0 spiro atoms. The number of carbonyl (C=O) groups is 2. The second-order valence-corrected chi connectivity index (χ2v) is 10.2. The molecule has 1 N–H and O–H groups in total. The molecule has 1 saturated heterocycles. The van der Waals surface area contributed by atoms with Crippen molar-refractivity contribution in [1.82, 2.24) is 14.8 Å². The lowest BCUT2D eigenvalue weighted by Gasteiger charge is -2.34. The number of nitrogens with one attached hydrogen (secondary N) is 1. The van der Waals surface area contributed by atoms with Crippen LogP contribution in [-0.2, 0) is 16.0 Å². The summed E-state index contributed by atoms with van der Waals surface area (Å²) in [4.78, 5) is 33.1. The zero-order chi connectivity index (χ0) is 25.9. The molecule has 3 aromatic carbocycles. The largest absolute Gasteiger partial charge is 0.354 e. The van der Waals surface area contributed by atoms with E-state index in [0.717, 1.165) is 43.3 Å². The van der Waals surface area contributed by atoms with Gasteiger partial charge in [0.05, 0.1) is 12.1 Å². The highest BCUT2D eigenvalue weighted by molar-refractivity contribution is 9.10. The summed E-state index contributed by atoms with van der Waals surface area (Å²) in [6.07, 6.45) is 3.67. The van der Waals surface area contributed by atoms with E-state index in [1.165, 1.54) is 12.1 Å². The first kappa shape index (κ1) is 25.0. The van der Waals surface area contributed by atoms with Gasteiger partial charge in [0.15, 0.2) is 0 Å². The van der Waals surface area contributed by atoms with Gasteiger partial charge >= 0.3 is 0 Å². The Hall–Kier alpha value is -3.71. The number of amides is 2. The average molecular weight is 560 g/mol. The summed E-state index contributed by atoms with van der Waals surface area (Å²) in [5.74, 6) is -0.344. The van der Waals surface area contributed by atoms with Gasteiger partial charge in [-0.3, -0.25) is 9.59 Å². The van der Waals surface area contributed by atoms with E-state index in [9.17, 15) is 14.0 Å². The Kier molecular flexibility index (Phi) is 7.24. The van der Waals surface area contributed by atoms with Gasteiger partial charge in [-0.05, 0) is 77.7 Å². The van der Waals surface area contributed by atoms with Crippen LogP contribution in [0, 0.1) is 12.7 Å². The molecule has 0 atom stereocenters. The van der Waals surface area contributed by atoms with Gasteiger partial charge < -0.3 is 14.8 Å². The Labute approximate surface area is 223 Å². The van der Waals surface area contributed by atoms with Gasteiger partial charge in [-0.1, -0.05) is 40.2 Å². The van der Waals surface area contributed by atoms with Crippen molar-refractivity contribution in [3.63, 3.8) is 0 Å². The predicted octanol–water partition coefficient (Wildman–Crippen LogP) is 5.97. The summed E-state index contributed by atoms with van der Waals surface area (Å²) in [7, 11) is 0. The van der Waals surface area contributed by atoms with Crippen LogP contribution in [0.15, 0.2) is 77.3 Å². The van der Waals surface area contributed by atoms with Gasteiger partial charge in [0, 0.05) is 47.6 Å². The molecular weight excluding hydrogens is 533 g/mol. The number of fused-ring (bicyclic) bond motifs is 1. The number of piperazine rings is 1. The Morgan fingerprint density at radius 2 is 1.68 bits per heavy atom. The van der Waals surface area contributed by atoms with Crippen LogP contribution < -0.4 is 0 Å². The molecule has 0 aliphatic carbocycles. The molecule has 4 aromatic rings. The van der Waals surface area contributed by atoms with Crippen molar-refractivity contribution in [2.24, 2.45) is 0 Å². The maximum Gasteiger partial charge on any atom is 0.246 e. The summed E-state index contributed by atoms with van der Waals surface area (Å²) >= 11 is 3.53. The van der Waals surface area contributed by atoms with Crippen molar-refractivity contribution in [3.8, 4) is 11.3 Å². The van der Waals surface area contributed by atoms with Gasteiger partial charge in [-0.2, -0.15) is 0 Å². The fraction of sp³-hybridized carbons (Fsp3) is 0.200. The highest BCUT2D eigenvalue weighted by atomic mass is 79.9. The molecule has 1 aromatic heterocycles. The standard InChI is InChI=1S/C30H27BrFN3O2/c1-20-4-2-3-5-21(20)8-13-28(36)34-14-16-35(17-15-34)29(37)19-26-25-18-23(31)9-12-27(25)33-30(26)22-6-10-24(32)11-7-22/h2-13,18,33H,14-17,19H2,1H3/b13-8+. The Balaban J connectivity index is 1.29. The van der Waals surface area contributed by atoms with Crippen molar-refractivity contribution >= 4 is 44.7 Å². The molecule has 2 amide bonds. The van der Waals surface area contributed by atoms with E-state index in [-0.39, 0.29) is 24.1 Å². The molecule has 0 saturated carbocycles. The zero-order valence-electron chi connectivity index (χ0n) is 20.5. The summed E-state index contributed by atoms with van der Waals surface area (Å²) in [5.41, 5.74) is 5.58. The van der Waals surface area contributed by atoms with Gasteiger partial charge in [0.25, 0.3) is 0 Å². The Bertz CT molecular complexity index is 1480. The fourth-order valence-corrected chi connectivity index (χ4v) is 5.11. The number of hydrogen-bond acceptors (Lipinski definition) is 2. The number of rotatable bonds is 5. The number of aromatic nitrogens is 1. The number of H-pyrrole nitrogens is 1. The van der Waals surface area contributed by atoms with Crippen LogP contribution in [0.2, 0.25) is 0 Å². The monoisotopic (exact) mass is 559 g/mol. The third-order valence-corrected chi connectivity index (χ3v) is 7.36. The number of halogens is 2. The lowest BCUT2D eigenvalue weighted by Crippen LogP contribution is -2.50. The average Bonchev–Trinajstić information content (AvgIpc) is 3.25. The lowest BCUT2D eigenvalue weighted by atomic mass is 10.0. The number of aromatic amines is 1. The van der Waals surface area contributed by atoms with Gasteiger partial charge in [0.1, 0.15) is 5.82 Å². The van der Waals surface area contributed by atoms with Crippen molar-refractivity contribution in [2.45, 2.75) is 13.3 Å². The third-order valence-electron chi connectivity index (χ3n) is 6.87. The SMILES string of the molecule is Cc1ccccc1/C=C/C(=O)N1CCN(C(=O)Cc2c(-c3ccc(F)cc3)[nH]c3ccc(Br)cc23)CC1. The first-order valence-corrected chi connectivity index (χ1v) is 13.0. The molecule has 1 fully saturated rings. The van der Waals surface area contributed by atoms with E-state index in [1.807, 2.05) is 60.4 Å². The topological polar surface area (TPSA) is 56.4 Å². The third kappa shape index (κ3) is 5.52. The first-order chi connectivity index (χ1) is 17.9. The van der Waals surface area contributed by atoms with Gasteiger partial charge in [-0.15, -0.1) is 0 Å². The highest BCUT2D eigenvalue weighted by Crippen LogP contribution is 2.33. The number of nitrogens with zero attached hydrogens (tertiary/aromatic N) is 2.